The molecule has 2 aromatic heterocycles. The van der Waals surface area contributed by atoms with Crippen LogP contribution in [-0.2, 0) is 24.2 Å². The average molecular weight is 565 g/mol. The van der Waals surface area contributed by atoms with Gasteiger partial charge in [-0.15, -0.1) is 11.3 Å². The van der Waals surface area contributed by atoms with E-state index < -0.39 is 38.5 Å². The zero-order valence-electron chi connectivity index (χ0n) is 21.2. The molecule has 10 nitrogen and oxygen atoms in total. The van der Waals surface area contributed by atoms with E-state index in [1.54, 1.807) is 18.3 Å². The maximum atomic E-state index is 15.2. The van der Waals surface area contributed by atoms with Gasteiger partial charge in [-0.3, -0.25) is 14.4 Å². The van der Waals surface area contributed by atoms with Crippen LogP contribution in [0.4, 0.5) is 4.39 Å². The molecular weight excluding hydrogens is 535 g/mol. The van der Waals surface area contributed by atoms with Gasteiger partial charge in [0.15, 0.2) is 20.9 Å². The molecule has 1 aliphatic carbocycles. The fourth-order valence-corrected chi connectivity index (χ4v) is 6.87. The number of fused-ring (bicyclic) bond motifs is 1. The van der Waals surface area contributed by atoms with Crippen molar-refractivity contribution in [2.75, 3.05) is 26.0 Å². The molecule has 2 N–H and O–H groups in total. The van der Waals surface area contributed by atoms with E-state index >= 15 is 4.39 Å². The minimum Gasteiger partial charge on any atom is -0.384 e. The van der Waals surface area contributed by atoms with Gasteiger partial charge in [0, 0.05) is 31.5 Å². The summed E-state index contributed by atoms with van der Waals surface area (Å²) in [5, 5.41) is 3.25. The SMILES string of the molecule is COCCS(=O)(=O)C(C(=O)NCC(=O)NC1CC1)c1nc2c(F)cc(-c3ccc(=O)n(C(C)C)c3)cc2s1. The predicted octanol–water partition coefficient (Wildman–Crippen LogP) is 2.34. The Hall–Kier alpha value is -3.16. The molecule has 1 unspecified atom stereocenters. The van der Waals surface area contributed by atoms with Crippen molar-refractivity contribution in [1.82, 2.24) is 20.2 Å². The smallest absolute Gasteiger partial charge is 0.250 e. The quantitative estimate of drug-likeness (QED) is 0.365. The number of halogens is 1. The number of thiazole rings is 1. The third-order valence-electron chi connectivity index (χ3n) is 6.05. The number of benzene rings is 1. The molecule has 4 rings (SSSR count). The summed E-state index contributed by atoms with van der Waals surface area (Å²) in [6, 6.07) is 5.87. The maximum absolute atomic E-state index is 15.2. The summed E-state index contributed by atoms with van der Waals surface area (Å²) >= 11 is 0.885. The molecule has 1 atom stereocenters. The molecule has 204 valence electrons. The molecule has 1 fully saturated rings. The lowest BCUT2D eigenvalue weighted by Gasteiger charge is -2.15. The Balaban J connectivity index is 1.70. The van der Waals surface area contributed by atoms with Crippen molar-refractivity contribution < 1.29 is 27.1 Å². The number of sulfone groups is 1. The van der Waals surface area contributed by atoms with Gasteiger partial charge in [-0.25, -0.2) is 17.8 Å². The number of amides is 2. The van der Waals surface area contributed by atoms with E-state index in [1.807, 2.05) is 13.8 Å². The largest absolute Gasteiger partial charge is 0.384 e. The number of nitrogens with zero attached hydrogens (tertiary/aromatic N) is 2. The van der Waals surface area contributed by atoms with Crippen LogP contribution < -0.4 is 16.2 Å². The maximum Gasteiger partial charge on any atom is 0.250 e. The van der Waals surface area contributed by atoms with Gasteiger partial charge in [-0.2, -0.15) is 0 Å². The Morgan fingerprint density at radius 3 is 2.63 bits per heavy atom. The highest BCUT2D eigenvalue weighted by atomic mass is 32.2. The first kappa shape index (κ1) is 27.9. The lowest BCUT2D eigenvalue weighted by atomic mass is 10.1. The number of hydrogen-bond acceptors (Lipinski definition) is 8. The number of aromatic nitrogens is 2. The Bertz CT molecular complexity index is 1530. The van der Waals surface area contributed by atoms with E-state index in [0.29, 0.717) is 15.8 Å². The molecule has 3 aromatic rings. The van der Waals surface area contributed by atoms with E-state index in [0.717, 1.165) is 24.2 Å². The van der Waals surface area contributed by atoms with Gasteiger partial charge in [0.2, 0.25) is 11.8 Å². The highest BCUT2D eigenvalue weighted by Crippen LogP contribution is 2.35. The number of carbonyl (C=O) groups is 2. The summed E-state index contributed by atoms with van der Waals surface area (Å²) in [6.45, 7) is 3.17. The van der Waals surface area contributed by atoms with Gasteiger partial charge >= 0.3 is 0 Å². The molecule has 1 aromatic carbocycles. The zero-order valence-corrected chi connectivity index (χ0v) is 22.8. The summed E-state index contributed by atoms with van der Waals surface area (Å²) in [7, 11) is -2.78. The molecule has 0 bridgehead atoms. The van der Waals surface area contributed by atoms with Crippen LogP contribution in [0.2, 0.25) is 0 Å². The molecular formula is C25H29FN4O6S2. The first-order chi connectivity index (χ1) is 18.0. The fraction of sp³-hybridized carbons (Fsp3) is 0.440. The van der Waals surface area contributed by atoms with Gasteiger partial charge in [-0.1, -0.05) is 0 Å². The Labute approximate surface area is 223 Å². The van der Waals surface area contributed by atoms with Crippen LogP contribution in [0.1, 0.15) is 43.0 Å². The van der Waals surface area contributed by atoms with Crippen LogP contribution in [0, 0.1) is 5.82 Å². The number of nitrogens with one attached hydrogen (secondary N) is 2. The van der Waals surface area contributed by atoms with E-state index in [2.05, 4.69) is 15.6 Å². The predicted molar refractivity (Wildman–Crippen MR) is 142 cm³/mol. The van der Waals surface area contributed by atoms with Crippen LogP contribution in [0.3, 0.4) is 0 Å². The Kier molecular flexibility index (Phi) is 8.28. The summed E-state index contributed by atoms with van der Waals surface area (Å²) in [4.78, 5) is 41.4. The minimum atomic E-state index is -4.12. The van der Waals surface area contributed by atoms with Crippen molar-refractivity contribution in [3.63, 3.8) is 0 Å². The van der Waals surface area contributed by atoms with Gasteiger partial charge < -0.3 is 19.9 Å². The van der Waals surface area contributed by atoms with E-state index in [4.69, 9.17) is 4.74 Å². The Morgan fingerprint density at radius 1 is 1.24 bits per heavy atom. The van der Waals surface area contributed by atoms with Crippen LogP contribution in [0.5, 0.6) is 0 Å². The summed E-state index contributed by atoms with van der Waals surface area (Å²) < 4.78 is 48.2. The second-order valence-electron chi connectivity index (χ2n) is 9.41. The monoisotopic (exact) mass is 564 g/mol. The third kappa shape index (κ3) is 6.27. The van der Waals surface area contributed by atoms with E-state index in [9.17, 15) is 22.8 Å². The van der Waals surface area contributed by atoms with Gasteiger partial charge in [0.05, 0.1) is 23.6 Å². The van der Waals surface area contributed by atoms with Crippen molar-refractivity contribution in [2.45, 2.75) is 44.0 Å². The molecule has 0 radical (unpaired) electrons. The standard InChI is InChI=1S/C25H29FN4O6S2/c1-14(2)30-13-15(4-7-21(30)32)16-10-18(26)22-19(11-16)37-25(29-22)23(38(34,35)9-8-36-3)24(33)27-12-20(31)28-17-5-6-17/h4,7,10-11,13-14,17,23H,5-6,8-9,12H2,1-3H3,(H,27,33)(H,28,31). The van der Waals surface area contributed by atoms with Crippen LogP contribution in [0.25, 0.3) is 21.3 Å². The lowest BCUT2D eigenvalue weighted by Crippen LogP contribution is -2.42. The van der Waals surface area contributed by atoms with Crippen LogP contribution >= 0.6 is 11.3 Å². The summed E-state index contributed by atoms with van der Waals surface area (Å²) in [5.41, 5.74) is 0.806. The van der Waals surface area contributed by atoms with Crippen molar-refractivity contribution in [3.8, 4) is 11.1 Å². The first-order valence-electron chi connectivity index (χ1n) is 12.1. The number of rotatable bonds is 11. The third-order valence-corrected chi connectivity index (χ3v) is 9.16. The highest BCUT2D eigenvalue weighted by Gasteiger charge is 2.37. The fourth-order valence-electron chi connectivity index (χ4n) is 3.88. The van der Waals surface area contributed by atoms with Crippen molar-refractivity contribution in [3.05, 3.63) is 51.6 Å². The van der Waals surface area contributed by atoms with Crippen LogP contribution in [-0.4, -0.2) is 61.8 Å². The molecule has 2 heterocycles. The molecule has 0 aliphatic heterocycles. The lowest BCUT2D eigenvalue weighted by molar-refractivity contribution is -0.126. The summed E-state index contributed by atoms with van der Waals surface area (Å²) in [5.74, 6) is -2.50. The van der Waals surface area contributed by atoms with Gasteiger partial charge in [0.25, 0.3) is 5.56 Å². The average Bonchev–Trinajstić information content (AvgIpc) is 3.57. The Morgan fingerprint density at radius 2 is 1.97 bits per heavy atom. The number of pyridine rings is 1. The van der Waals surface area contributed by atoms with Crippen molar-refractivity contribution in [1.29, 1.82) is 0 Å². The summed E-state index contributed by atoms with van der Waals surface area (Å²) in [6.07, 6.45) is 3.37. The zero-order chi connectivity index (χ0) is 27.6. The minimum absolute atomic E-state index is 0.0721. The van der Waals surface area contributed by atoms with Crippen molar-refractivity contribution >= 4 is 43.2 Å². The molecule has 1 saturated carbocycles. The van der Waals surface area contributed by atoms with Crippen molar-refractivity contribution in [2.24, 2.45) is 0 Å². The molecule has 38 heavy (non-hydrogen) atoms. The number of methoxy groups -OCH3 is 1. The van der Waals surface area contributed by atoms with Gasteiger partial charge in [0.1, 0.15) is 10.5 Å². The van der Waals surface area contributed by atoms with Crippen LogP contribution in [0.15, 0.2) is 35.3 Å². The molecule has 13 heteroatoms. The molecule has 0 spiro atoms. The second kappa shape index (κ2) is 11.3. The number of hydrogen-bond donors (Lipinski definition) is 2. The number of carbonyl (C=O) groups excluding carboxylic acids is 2. The molecule has 2 amide bonds. The molecule has 1 aliphatic rings. The number of ether oxygens (including phenoxy) is 1. The molecule has 0 saturated heterocycles. The first-order valence-corrected chi connectivity index (χ1v) is 14.6. The highest BCUT2D eigenvalue weighted by molar-refractivity contribution is 7.92. The van der Waals surface area contributed by atoms with E-state index in [1.165, 1.54) is 23.8 Å². The normalized spacial score (nSPS) is 14.6. The topological polar surface area (TPSA) is 136 Å². The second-order valence-corrected chi connectivity index (χ2v) is 12.7. The van der Waals surface area contributed by atoms with E-state index in [-0.39, 0.29) is 41.3 Å². The van der Waals surface area contributed by atoms with Gasteiger partial charge in [-0.05, 0) is 56.0 Å².